The maximum Gasteiger partial charge on any atom is 0.259 e. The lowest BCUT2D eigenvalue weighted by atomic mass is 10.1. The molecule has 0 saturated carbocycles. The van der Waals surface area contributed by atoms with Gasteiger partial charge >= 0.3 is 0 Å². The van der Waals surface area contributed by atoms with Gasteiger partial charge in [-0.15, -0.1) is 0 Å². The third kappa shape index (κ3) is 3.96. The van der Waals surface area contributed by atoms with Crippen LogP contribution in [0.4, 0.5) is 13.2 Å². The highest BCUT2D eigenvalue weighted by molar-refractivity contribution is 5.94. The van der Waals surface area contributed by atoms with Gasteiger partial charge in [0, 0.05) is 32.3 Å². The Labute approximate surface area is 114 Å². The molecule has 0 spiro atoms. The van der Waals surface area contributed by atoms with Crippen LogP contribution in [0.25, 0.3) is 0 Å². The van der Waals surface area contributed by atoms with Gasteiger partial charge in [0.1, 0.15) is 23.0 Å². The van der Waals surface area contributed by atoms with Crippen LogP contribution in [-0.4, -0.2) is 37.6 Å². The number of methoxy groups -OCH3 is 1. The summed E-state index contributed by atoms with van der Waals surface area (Å²) in [6, 6.07) is 2.72. The summed E-state index contributed by atoms with van der Waals surface area (Å²) in [5.74, 6) is -4.58. The first-order chi connectivity index (χ1) is 9.51. The lowest BCUT2D eigenvalue weighted by Crippen LogP contribution is -2.35. The van der Waals surface area contributed by atoms with Crippen LogP contribution < -0.4 is 0 Å². The smallest absolute Gasteiger partial charge is 0.259 e. The minimum Gasteiger partial charge on any atom is -0.383 e. The molecule has 0 heterocycles. The van der Waals surface area contributed by atoms with Crippen molar-refractivity contribution in [3.8, 4) is 6.07 Å². The van der Waals surface area contributed by atoms with Crippen LogP contribution >= 0.6 is 0 Å². The number of nitriles is 1. The van der Waals surface area contributed by atoms with E-state index in [2.05, 4.69) is 0 Å². The molecule has 0 unspecified atom stereocenters. The molecule has 1 rings (SSSR count). The van der Waals surface area contributed by atoms with Gasteiger partial charge in [-0.25, -0.2) is 13.2 Å². The van der Waals surface area contributed by atoms with Gasteiger partial charge in [0.2, 0.25) is 0 Å². The number of carbonyl (C=O) groups excluding carboxylic acids is 1. The largest absolute Gasteiger partial charge is 0.383 e. The van der Waals surface area contributed by atoms with Gasteiger partial charge in [-0.1, -0.05) is 0 Å². The molecule has 0 fully saturated rings. The standard InChI is InChI=1S/C13H13F3N2O2/c1-20-6-5-18(4-2-3-17)13(19)12-10(15)7-9(14)8-11(12)16/h7-8H,2,4-6H2,1H3. The van der Waals surface area contributed by atoms with Crippen molar-refractivity contribution in [3.63, 3.8) is 0 Å². The molecule has 4 nitrogen and oxygen atoms in total. The molecule has 7 heteroatoms. The Bertz CT molecular complexity index is 506. The van der Waals surface area contributed by atoms with Crippen LogP contribution in [-0.2, 0) is 4.74 Å². The van der Waals surface area contributed by atoms with Crippen molar-refractivity contribution in [2.75, 3.05) is 26.8 Å². The zero-order valence-corrected chi connectivity index (χ0v) is 10.8. The number of ether oxygens (including phenoxy) is 1. The zero-order valence-electron chi connectivity index (χ0n) is 10.8. The van der Waals surface area contributed by atoms with E-state index in [1.54, 1.807) is 0 Å². The van der Waals surface area contributed by atoms with Crippen LogP contribution in [0.15, 0.2) is 12.1 Å². The molecule has 0 radical (unpaired) electrons. The number of halogens is 3. The van der Waals surface area contributed by atoms with E-state index in [1.807, 2.05) is 6.07 Å². The molecule has 20 heavy (non-hydrogen) atoms. The van der Waals surface area contributed by atoms with Crippen molar-refractivity contribution in [1.82, 2.24) is 4.90 Å². The summed E-state index contributed by atoms with van der Waals surface area (Å²) in [6.45, 7) is 0.240. The fourth-order valence-corrected chi connectivity index (χ4v) is 1.61. The predicted octanol–water partition coefficient (Wildman–Crippen LogP) is 2.11. The minimum absolute atomic E-state index is 0.00888. The van der Waals surface area contributed by atoms with E-state index in [-0.39, 0.29) is 26.1 Å². The van der Waals surface area contributed by atoms with E-state index >= 15 is 0 Å². The van der Waals surface area contributed by atoms with Gasteiger partial charge in [-0.3, -0.25) is 4.79 Å². The number of benzene rings is 1. The van der Waals surface area contributed by atoms with Crippen LogP contribution in [0.5, 0.6) is 0 Å². The first kappa shape index (κ1) is 16.0. The van der Waals surface area contributed by atoms with Crippen molar-refractivity contribution >= 4 is 5.91 Å². The molecule has 0 bridgehead atoms. The van der Waals surface area contributed by atoms with E-state index in [0.29, 0.717) is 12.1 Å². The van der Waals surface area contributed by atoms with Gasteiger partial charge in [0.25, 0.3) is 5.91 Å². The summed E-state index contributed by atoms with van der Waals surface area (Å²) in [5, 5.41) is 8.52. The molecule has 1 aromatic rings. The van der Waals surface area contributed by atoms with Crippen LogP contribution in [0.3, 0.4) is 0 Å². The molecular weight excluding hydrogens is 273 g/mol. The highest BCUT2D eigenvalue weighted by atomic mass is 19.1. The fourth-order valence-electron chi connectivity index (χ4n) is 1.61. The average Bonchev–Trinajstić information content (AvgIpc) is 2.37. The van der Waals surface area contributed by atoms with Crippen LogP contribution in [0.2, 0.25) is 0 Å². The highest BCUT2D eigenvalue weighted by Crippen LogP contribution is 2.17. The topological polar surface area (TPSA) is 53.3 Å². The van der Waals surface area contributed by atoms with Crippen molar-refractivity contribution in [2.24, 2.45) is 0 Å². The molecule has 1 amide bonds. The molecule has 0 aromatic heterocycles. The predicted molar refractivity (Wildman–Crippen MR) is 64.3 cm³/mol. The summed E-state index contributed by atoms with van der Waals surface area (Å²) in [5.41, 5.74) is -0.833. The first-order valence-corrected chi connectivity index (χ1v) is 5.81. The van der Waals surface area contributed by atoms with Gasteiger partial charge in [0.05, 0.1) is 19.1 Å². The maximum absolute atomic E-state index is 13.5. The van der Waals surface area contributed by atoms with Crippen molar-refractivity contribution in [3.05, 3.63) is 35.1 Å². The number of amides is 1. The second kappa shape index (κ2) is 7.50. The van der Waals surface area contributed by atoms with E-state index in [0.717, 1.165) is 4.90 Å². The summed E-state index contributed by atoms with van der Waals surface area (Å²) in [4.78, 5) is 13.2. The third-order valence-electron chi connectivity index (χ3n) is 2.57. The molecule has 0 atom stereocenters. The lowest BCUT2D eigenvalue weighted by molar-refractivity contribution is 0.0690. The first-order valence-electron chi connectivity index (χ1n) is 5.81. The number of hydrogen-bond donors (Lipinski definition) is 0. The molecule has 1 aromatic carbocycles. The molecule has 108 valence electrons. The Morgan fingerprint density at radius 2 is 1.90 bits per heavy atom. The van der Waals surface area contributed by atoms with E-state index in [9.17, 15) is 18.0 Å². The zero-order chi connectivity index (χ0) is 15.1. The Morgan fingerprint density at radius 3 is 2.40 bits per heavy atom. The third-order valence-corrected chi connectivity index (χ3v) is 2.57. The van der Waals surface area contributed by atoms with Gasteiger partial charge in [-0.05, 0) is 0 Å². The van der Waals surface area contributed by atoms with Gasteiger partial charge < -0.3 is 9.64 Å². The molecule has 0 aliphatic rings. The lowest BCUT2D eigenvalue weighted by Gasteiger charge is -2.21. The number of hydrogen-bond acceptors (Lipinski definition) is 3. The second-order valence-corrected chi connectivity index (χ2v) is 3.94. The molecular formula is C13H13F3N2O2. The maximum atomic E-state index is 13.5. The number of carbonyl (C=O) groups is 1. The molecule has 0 aliphatic heterocycles. The Kier molecular flexibility index (Phi) is 6.00. The van der Waals surface area contributed by atoms with Crippen molar-refractivity contribution in [1.29, 1.82) is 5.26 Å². The average molecular weight is 286 g/mol. The number of rotatable bonds is 6. The van der Waals surface area contributed by atoms with Gasteiger partial charge in [-0.2, -0.15) is 5.26 Å². The minimum atomic E-state index is -1.27. The fraction of sp³-hybridized carbons (Fsp3) is 0.385. The van der Waals surface area contributed by atoms with Crippen molar-refractivity contribution in [2.45, 2.75) is 6.42 Å². The number of nitrogens with zero attached hydrogens (tertiary/aromatic N) is 2. The summed E-state index contributed by atoms with van der Waals surface area (Å²) < 4.78 is 44.7. The van der Waals surface area contributed by atoms with Crippen molar-refractivity contribution < 1.29 is 22.7 Å². The molecule has 0 saturated heterocycles. The van der Waals surface area contributed by atoms with E-state index in [1.165, 1.54) is 7.11 Å². The Balaban J connectivity index is 3.02. The molecule has 0 aliphatic carbocycles. The van der Waals surface area contributed by atoms with E-state index in [4.69, 9.17) is 10.00 Å². The van der Waals surface area contributed by atoms with Gasteiger partial charge in [0.15, 0.2) is 0 Å². The van der Waals surface area contributed by atoms with E-state index < -0.39 is 28.9 Å². The normalized spacial score (nSPS) is 10.2. The Hall–Kier alpha value is -2.07. The quantitative estimate of drug-likeness (QED) is 0.804. The second-order valence-electron chi connectivity index (χ2n) is 3.94. The summed E-state index contributed by atoms with van der Waals surface area (Å²) in [7, 11) is 1.41. The van der Waals surface area contributed by atoms with Crippen LogP contribution in [0, 0.1) is 28.8 Å². The SMILES string of the molecule is COCCN(CCC#N)C(=O)c1c(F)cc(F)cc1F. The highest BCUT2D eigenvalue weighted by Gasteiger charge is 2.23. The monoisotopic (exact) mass is 286 g/mol. The van der Waals surface area contributed by atoms with Crippen LogP contribution in [0.1, 0.15) is 16.8 Å². The summed E-state index contributed by atoms with van der Waals surface area (Å²) >= 11 is 0. The Morgan fingerprint density at radius 1 is 1.30 bits per heavy atom. The summed E-state index contributed by atoms with van der Waals surface area (Å²) in [6.07, 6.45) is 0.0138. The molecule has 0 N–H and O–H groups in total.